The first-order valence-electron chi connectivity index (χ1n) is 10.1. The van der Waals surface area contributed by atoms with Gasteiger partial charge in [0.25, 0.3) is 0 Å². The number of aromatic amines is 1. The smallest absolute Gasteiger partial charge is 0.491 e. The van der Waals surface area contributed by atoms with E-state index in [0.29, 0.717) is 39.0 Å². The van der Waals surface area contributed by atoms with Crippen molar-refractivity contribution in [1.29, 1.82) is 0 Å². The molecule has 2 aromatic carbocycles. The molecule has 4 N–H and O–H groups in total. The molecule has 0 amide bonds. The van der Waals surface area contributed by atoms with Crippen LogP contribution in [0.5, 0.6) is 11.5 Å². The molecule has 1 aliphatic carbocycles. The number of hydrogen-bond donors (Lipinski definition) is 4. The second-order valence-electron chi connectivity index (χ2n) is 8.42. The Kier molecular flexibility index (Phi) is 5.63. The fourth-order valence-corrected chi connectivity index (χ4v) is 4.09. The van der Waals surface area contributed by atoms with Crippen molar-refractivity contribution in [3.63, 3.8) is 0 Å². The van der Waals surface area contributed by atoms with Gasteiger partial charge in [-0.3, -0.25) is 4.79 Å². The number of carbonyl (C=O) groups is 1. The van der Waals surface area contributed by atoms with Crippen molar-refractivity contribution in [2.75, 3.05) is 13.2 Å². The van der Waals surface area contributed by atoms with Gasteiger partial charge in [0.2, 0.25) is 0 Å². The molecule has 0 saturated heterocycles. The summed E-state index contributed by atoms with van der Waals surface area (Å²) in [6.45, 7) is 2.85. The molecule has 1 heterocycles. The predicted molar refractivity (Wildman–Crippen MR) is 112 cm³/mol. The SMILES string of the molecule is CC1(C)c2cc(OC[C@@H](O)[C@H](O)CO)ccc2C(=O)c2c1[nH]c1cc(OC(F)(F)F)ccc21. The summed E-state index contributed by atoms with van der Waals surface area (Å²) < 4.78 is 47.3. The summed E-state index contributed by atoms with van der Waals surface area (Å²) in [4.78, 5) is 16.4. The monoisotopic (exact) mass is 465 g/mol. The highest BCUT2D eigenvalue weighted by molar-refractivity contribution is 6.20. The van der Waals surface area contributed by atoms with E-state index in [1.165, 1.54) is 18.2 Å². The van der Waals surface area contributed by atoms with Gasteiger partial charge in [-0.05, 0) is 35.9 Å². The van der Waals surface area contributed by atoms with Crippen LogP contribution in [0.3, 0.4) is 0 Å². The second-order valence-corrected chi connectivity index (χ2v) is 8.42. The Morgan fingerprint density at radius 2 is 1.76 bits per heavy atom. The molecule has 1 aromatic heterocycles. The van der Waals surface area contributed by atoms with Crippen LogP contribution in [0.4, 0.5) is 13.2 Å². The first-order valence-corrected chi connectivity index (χ1v) is 10.1. The Bertz CT molecular complexity index is 1220. The molecule has 0 bridgehead atoms. The number of aliphatic hydroxyl groups is 3. The van der Waals surface area contributed by atoms with Gasteiger partial charge in [-0.15, -0.1) is 13.2 Å². The molecular weight excluding hydrogens is 443 g/mol. The van der Waals surface area contributed by atoms with Gasteiger partial charge in [0.1, 0.15) is 30.3 Å². The molecule has 1 aliphatic rings. The number of fused-ring (bicyclic) bond motifs is 4. The summed E-state index contributed by atoms with van der Waals surface area (Å²) in [5.41, 5.74) is 1.60. The Morgan fingerprint density at radius 1 is 1.06 bits per heavy atom. The largest absolute Gasteiger partial charge is 0.573 e. The lowest BCUT2D eigenvalue weighted by Crippen LogP contribution is -2.34. The quantitative estimate of drug-likeness (QED) is 0.445. The van der Waals surface area contributed by atoms with Crippen molar-refractivity contribution in [1.82, 2.24) is 4.98 Å². The van der Waals surface area contributed by atoms with E-state index in [4.69, 9.17) is 9.84 Å². The molecule has 4 rings (SSSR count). The number of rotatable bonds is 6. The molecule has 0 fully saturated rings. The average molecular weight is 465 g/mol. The maximum absolute atomic E-state index is 13.3. The van der Waals surface area contributed by atoms with Crippen molar-refractivity contribution in [3.05, 3.63) is 58.8 Å². The fourth-order valence-electron chi connectivity index (χ4n) is 4.09. The molecule has 0 aliphatic heterocycles. The minimum atomic E-state index is -4.83. The highest BCUT2D eigenvalue weighted by atomic mass is 19.4. The lowest BCUT2D eigenvalue weighted by Gasteiger charge is -2.32. The molecule has 10 heteroatoms. The van der Waals surface area contributed by atoms with Gasteiger partial charge in [0.05, 0.1) is 17.7 Å². The van der Waals surface area contributed by atoms with Crippen LogP contribution in [0.15, 0.2) is 36.4 Å². The van der Waals surface area contributed by atoms with Gasteiger partial charge in [0.15, 0.2) is 5.78 Å². The van der Waals surface area contributed by atoms with Crippen LogP contribution in [0.25, 0.3) is 10.9 Å². The van der Waals surface area contributed by atoms with Crippen LogP contribution in [0, 0.1) is 0 Å². The third kappa shape index (κ3) is 4.17. The van der Waals surface area contributed by atoms with Crippen molar-refractivity contribution < 1.29 is 42.8 Å². The zero-order chi connectivity index (χ0) is 24.1. The van der Waals surface area contributed by atoms with E-state index in [1.807, 2.05) is 13.8 Å². The first-order chi connectivity index (χ1) is 15.4. The number of ether oxygens (including phenoxy) is 2. The number of aliphatic hydroxyl groups excluding tert-OH is 3. The molecule has 0 saturated carbocycles. The van der Waals surface area contributed by atoms with Gasteiger partial charge in [0, 0.05) is 28.1 Å². The summed E-state index contributed by atoms with van der Waals surface area (Å²) >= 11 is 0. The van der Waals surface area contributed by atoms with Gasteiger partial charge >= 0.3 is 6.36 Å². The van der Waals surface area contributed by atoms with Crippen molar-refractivity contribution in [3.8, 4) is 11.5 Å². The van der Waals surface area contributed by atoms with E-state index in [-0.39, 0.29) is 12.4 Å². The third-order valence-corrected chi connectivity index (χ3v) is 5.82. The summed E-state index contributed by atoms with van der Waals surface area (Å²) in [5, 5.41) is 28.7. The second kappa shape index (κ2) is 8.05. The van der Waals surface area contributed by atoms with Crippen molar-refractivity contribution >= 4 is 16.7 Å². The number of halogens is 3. The number of H-pyrrole nitrogens is 1. The van der Waals surface area contributed by atoms with Gasteiger partial charge in [-0.1, -0.05) is 13.8 Å². The average Bonchev–Trinajstić information content (AvgIpc) is 3.14. The first kappa shape index (κ1) is 23.1. The van der Waals surface area contributed by atoms with Crippen LogP contribution >= 0.6 is 0 Å². The molecule has 0 spiro atoms. The summed E-state index contributed by atoms with van der Waals surface area (Å²) in [5.74, 6) is -0.327. The number of hydrogen-bond acceptors (Lipinski definition) is 6. The molecule has 3 aromatic rings. The zero-order valence-electron chi connectivity index (χ0n) is 17.7. The summed E-state index contributed by atoms with van der Waals surface area (Å²) in [6, 6.07) is 8.60. The number of aromatic nitrogens is 1. The zero-order valence-corrected chi connectivity index (χ0v) is 17.7. The normalized spacial score (nSPS) is 16.8. The molecule has 0 radical (unpaired) electrons. The molecule has 0 unspecified atom stereocenters. The topological polar surface area (TPSA) is 112 Å². The molecule has 176 valence electrons. The number of benzene rings is 2. The minimum Gasteiger partial charge on any atom is -0.491 e. The number of alkyl halides is 3. The predicted octanol–water partition coefficient (Wildman–Crippen LogP) is 3.03. The summed E-state index contributed by atoms with van der Waals surface area (Å²) in [7, 11) is 0. The Balaban J connectivity index is 1.71. The molecule has 33 heavy (non-hydrogen) atoms. The van der Waals surface area contributed by atoms with E-state index in [9.17, 15) is 28.2 Å². The van der Waals surface area contributed by atoms with Gasteiger partial charge in [-0.25, -0.2) is 0 Å². The molecular formula is C23H22F3NO6. The van der Waals surface area contributed by atoms with E-state index in [1.54, 1.807) is 18.2 Å². The fraction of sp³-hybridized carbons (Fsp3) is 0.348. The number of ketones is 1. The van der Waals surface area contributed by atoms with E-state index >= 15 is 0 Å². The van der Waals surface area contributed by atoms with E-state index in [0.717, 1.165) is 0 Å². The van der Waals surface area contributed by atoms with Crippen LogP contribution in [-0.4, -0.2) is 57.9 Å². The Morgan fingerprint density at radius 3 is 2.42 bits per heavy atom. The standard InChI is InChI=1S/C23H22F3NO6/c1-22(2)15-7-11(32-10-18(30)17(29)9-28)3-5-13(15)20(31)19-14-6-4-12(33-23(24,25)26)8-16(14)27-21(19)22/h3-8,17-18,27-30H,9-10H2,1-2H3/t17-,18-/m1/s1. The third-order valence-electron chi connectivity index (χ3n) is 5.82. The highest BCUT2D eigenvalue weighted by Crippen LogP contribution is 2.45. The minimum absolute atomic E-state index is 0.269. The maximum atomic E-state index is 13.3. The summed E-state index contributed by atoms with van der Waals surface area (Å²) in [6.07, 6.45) is -7.47. The lowest BCUT2D eigenvalue weighted by molar-refractivity contribution is -0.274. The van der Waals surface area contributed by atoms with Crippen LogP contribution in [0.1, 0.15) is 41.0 Å². The maximum Gasteiger partial charge on any atom is 0.573 e. The molecule has 2 atom stereocenters. The van der Waals surface area contributed by atoms with Crippen LogP contribution in [-0.2, 0) is 5.41 Å². The Hall–Kier alpha value is -3.08. The van der Waals surface area contributed by atoms with Crippen LogP contribution < -0.4 is 9.47 Å². The highest BCUT2D eigenvalue weighted by Gasteiger charge is 2.40. The number of carbonyl (C=O) groups excluding carboxylic acids is 1. The number of nitrogens with one attached hydrogen (secondary N) is 1. The van der Waals surface area contributed by atoms with E-state index in [2.05, 4.69) is 9.72 Å². The van der Waals surface area contributed by atoms with Crippen LogP contribution in [0.2, 0.25) is 0 Å². The van der Waals surface area contributed by atoms with E-state index < -0.39 is 36.3 Å². The van der Waals surface area contributed by atoms with Gasteiger partial charge in [-0.2, -0.15) is 0 Å². The lowest BCUT2D eigenvalue weighted by atomic mass is 9.71. The van der Waals surface area contributed by atoms with Crippen molar-refractivity contribution in [2.24, 2.45) is 0 Å². The molecule has 7 nitrogen and oxygen atoms in total. The van der Waals surface area contributed by atoms with Gasteiger partial charge < -0.3 is 29.8 Å². The Labute approximate surface area is 186 Å². The van der Waals surface area contributed by atoms with Crippen molar-refractivity contribution in [2.45, 2.75) is 37.8 Å².